The van der Waals surface area contributed by atoms with Crippen LogP contribution in [-0.2, 0) is 35.1 Å². The van der Waals surface area contributed by atoms with Gasteiger partial charge in [0.15, 0.2) is 5.78 Å². The van der Waals surface area contributed by atoms with Crippen LogP contribution in [0.25, 0.3) is 0 Å². The molecule has 2 fully saturated rings. The van der Waals surface area contributed by atoms with Gasteiger partial charge in [-0.2, -0.15) is 0 Å². The third-order valence-corrected chi connectivity index (χ3v) is 8.37. The number of allylic oxidation sites excluding steroid dienone is 1. The van der Waals surface area contributed by atoms with E-state index >= 15 is 0 Å². The molecule has 2 heterocycles. The topological polar surface area (TPSA) is 159 Å². The molecule has 4 N–H and O–H groups in total. The third kappa shape index (κ3) is 9.59. The summed E-state index contributed by atoms with van der Waals surface area (Å²) in [4.78, 5) is 55.5. The highest BCUT2D eigenvalue weighted by molar-refractivity contribution is 5.98. The van der Waals surface area contributed by atoms with Gasteiger partial charge < -0.3 is 35.3 Å². The van der Waals surface area contributed by atoms with Crippen LogP contribution in [0.4, 0.5) is 0 Å². The Hall–Kier alpha value is -3.32. The maximum Gasteiger partial charge on any atom is 0.245 e. The first-order valence-electron chi connectivity index (χ1n) is 15.5. The maximum absolute atomic E-state index is 13.9. The number of hydrogen-bond donors (Lipinski definition) is 4. The molecule has 12 nitrogen and oxygen atoms in total. The molecule has 0 bridgehead atoms. The maximum atomic E-state index is 13.9. The van der Waals surface area contributed by atoms with E-state index in [1.807, 2.05) is 4.90 Å². The number of morpholine rings is 1. The van der Waals surface area contributed by atoms with E-state index in [-0.39, 0.29) is 18.7 Å². The number of Topliss-reactive ketones (excluding diaryl/α,β-unsaturated/α-hetero) is 1. The lowest BCUT2D eigenvalue weighted by atomic mass is 9.89. The zero-order valence-electron chi connectivity index (χ0n) is 25.9. The fourth-order valence-corrected chi connectivity index (χ4v) is 5.51. The average molecular weight is 615 g/mol. The molecule has 1 aliphatic carbocycles. The lowest BCUT2D eigenvalue weighted by molar-refractivity contribution is -0.136. The van der Waals surface area contributed by atoms with E-state index in [0.29, 0.717) is 45.1 Å². The summed E-state index contributed by atoms with van der Waals surface area (Å²) in [7, 11) is 1.55. The van der Waals surface area contributed by atoms with Crippen LogP contribution in [0.5, 0.6) is 5.75 Å². The summed E-state index contributed by atoms with van der Waals surface area (Å²) in [5.41, 5.74) is 0.919. The molecule has 44 heavy (non-hydrogen) atoms. The number of benzene rings is 1. The number of ketones is 1. The number of carbonyl (C=O) groups excluding carboxylic acids is 4. The van der Waals surface area contributed by atoms with Crippen LogP contribution in [0.1, 0.15) is 51.5 Å². The summed E-state index contributed by atoms with van der Waals surface area (Å²) in [5.74, 6) is -1.24. The van der Waals surface area contributed by atoms with Crippen LogP contribution in [0, 0.1) is 0 Å². The van der Waals surface area contributed by atoms with Crippen molar-refractivity contribution in [3.05, 3.63) is 41.5 Å². The number of ether oxygens (including phenoxy) is 3. The normalized spacial score (nSPS) is 22.9. The number of nitrogens with one attached hydrogen (secondary N) is 3. The Kier molecular flexibility index (Phi) is 11.9. The van der Waals surface area contributed by atoms with E-state index in [4.69, 9.17) is 14.2 Å². The predicted molar refractivity (Wildman–Crippen MR) is 162 cm³/mol. The summed E-state index contributed by atoms with van der Waals surface area (Å²) < 4.78 is 16.0. The minimum absolute atomic E-state index is 0.0517. The summed E-state index contributed by atoms with van der Waals surface area (Å²) in [6.07, 6.45) is 5.31. The Morgan fingerprint density at radius 3 is 2.27 bits per heavy atom. The second kappa shape index (κ2) is 15.6. The number of carbonyl (C=O) groups is 4. The van der Waals surface area contributed by atoms with E-state index in [9.17, 15) is 24.3 Å². The van der Waals surface area contributed by atoms with Crippen molar-refractivity contribution in [1.82, 2.24) is 20.9 Å². The number of rotatable bonds is 15. The van der Waals surface area contributed by atoms with Gasteiger partial charge in [0.25, 0.3) is 0 Å². The minimum Gasteiger partial charge on any atom is -0.497 e. The number of aliphatic hydroxyl groups is 1. The second-order valence-corrected chi connectivity index (χ2v) is 12.0. The Bertz CT molecular complexity index is 1190. The van der Waals surface area contributed by atoms with Crippen LogP contribution < -0.4 is 20.7 Å². The molecule has 2 saturated heterocycles. The first-order chi connectivity index (χ1) is 21.1. The lowest BCUT2D eigenvalue weighted by Gasteiger charge is -2.29. The standard InChI is InChI=1S/C32H46N4O8/c1-21(37)28(35-27(38)19-36-13-15-43-16-14-36)31(41)34-26(18-23-9-11-24(42-3)12-10-23)30(40)33-25(29(39)32(2)20-44-32)17-22-7-5-4-6-8-22/h7,9-12,21,25-26,28,37H,4-6,8,13-20H2,1-3H3,(H,33,40)(H,34,41)(H,35,38)/t21-,25+,26+,28+,32-/m1/s1. The highest BCUT2D eigenvalue weighted by Gasteiger charge is 2.50. The van der Waals surface area contributed by atoms with Crippen LogP contribution >= 0.6 is 0 Å². The first-order valence-corrected chi connectivity index (χ1v) is 15.5. The molecular weight excluding hydrogens is 568 g/mol. The SMILES string of the molecule is COc1ccc(C[C@H](NC(=O)[C@@H](NC(=O)CN2CCOCC2)[C@@H](C)O)C(=O)N[C@@H](CC2=CCCCC2)C(=O)[C@@]2(C)CO2)cc1. The number of aliphatic hydroxyl groups excluding tert-OH is 1. The van der Waals surface area contributed by atoms with Crippen molar-refractivity contribution in [3.63, 3.8) is 0 Å². The van der Waals surface area contributed by atoms with Gasteiger partial charge in [0.2, 0.25) is 17.7 Å². The molecular formula is C32H46N4O8. The molecule has 0 aromatic heterocycles. The van der Waals surface area contributed by atoms with Gasteiger partial charge in [-0.1, -0.05) is 23.8 Å². The molecule has 0 unspecified atom stereocenters. The van der Waals surface area contributed by atoms with Crippen LogP contribution in [-0.4, -0.2) is 110 Å². The van der Waals surface area contributed by atoms with Crippen molar-refractivity contribution in [2.24, 2.45) is 0 Å². The van der Waals surface area contributed by atoms with Gasteiger partial charge in [-0.3, -0.25) is 24.1 Å². The van der Waals surface area contributed by atoms with Crippen LogP contribution in [0.3, 0.4) is 0 Å². The van der Waals surface area contributed by atoms with E-state index in [2.05, 4.69) is 22.0 Å². The zero-order chi connectivity index (χ0) is 31.7. The quantitative estimate of drug-likeness (QED) is 0.164. The molecule has 3 amide bonds. The van der Waals surface area contributed by atoms with Gasteiger partial charge >= 0.3 is 0 Å². The fraction of sp³-hybridized carbons (Fsp3) is 0.625. The van der Waals surface area contributed by atoms with Crippen LogP contribution in [0.2, 0.25) is 0 Å². The molecule has 12 heteroatoms. The molecule has 0 saturated carbocycles. The number of amides is 3. The smallest absolute Gasteiger partial charge is 0.245 e. The van der Waals surface area contributed by atoms with Crippen molar-refractivity contribution < 1.29 is 38.5 Å². The van der Waals surface area contributed by atoms with Crippen molar-refractivity contribution in [2.45, 2.75) is 82.2 Å². The molecule has 1 aromatic rings. The van der Waals surface area contributed by atoms with Crippen LogP contribution in [0.15, 0.2) is 35.9 Å². The van der Waals surface area contributed by atoms with Gasteiger partial charge in [-0.25, -0.2) is 0 Å². The first kappa shape index (κ1) is 33.6. The largest absolute Gasteiger partial charge is 0.497 e. The summed E-state index contributed by atoms with van der Waals surface area (Å²) in [6, 6.07) is 3.87. The van der Waals surface area contributed by atoms with Gasteiger partial charge in [0.05, 0.1) is 45.6 Å². The van der Waals surface area contributed by atoms with E-state index < -0.39 is 47.6 Å². The monoisotopic (exact) mass is 614 g/mol. The van der Waals surface area contributed by atoms with Gasteiger partial charge in [-0.15, -0.1) is 0 Å². The fourth-order valence-electron chi connectivity index (χ4n) is 5.51. The molecule has 0 spiro atoms. The Morgan fingerprint density at radius 1 is 1.00 bits per heavy atom. The number of nitrogens with zero attached hydrogens (tertiary/aromatic N) is 1. The number of epoxide rings is 1. The molecule has 0 radical (unpaired) electrons. The van der Waals surface area contributed by atoms with Gasteiger partial charge in [-0.05, 0) is 63.6 Å². The highest BCUT2D eigenvalue weighted by Crippen LogP contribution is 2.31. The lowest BCUT2D eigenvalue weighted by Crippen LogP contribution is -2.60. The molecule has 242 valence electrons. The van der Waals surface area contributed by atoms with Crippen molar-refractivity contribution in [1.29, 1.82) is 0 Å². The second-order valence-electron chi connectivity index (χ2n) is 12.0. The van der Waals surface area contributed by atoms with E-state index in [1.54, 1.807) is 38.3 Å². The Morgan fingerprint density at radius 2 is 1.68 bits per heavy atom. The van der Waals surface area contributed by atoms with Gasteiger partial charge in [0.1, 0.15) is 23.4 Å². The molecule has 5 atom stereocenters. The predicted octanol–water partition coefficient (Wildman–Crippen LogP) is 0.654. The van der Waals surface area contributed by atoms with Crippen molar-refractivity contribution >= 4 is 23.5 Å². The summed E-state index contributed by atoms with van der Waals surface area (Å²) >= 11 is 0. The average Bonchev–Trinajstić information content (AvgIpc) is 3.78. The third-order valence-electron chi connectivity index (χ3n) is 8.37. The summed E-state index contributed by atoms with van der Waals surface area (Å²) in [6.45, 7) is 5.67. The number of methoxy groups -OCH3 is 1. The number of hydrogen-bond acceptors (Lipinski definition) is 9. The van der Waals surface area contributed by atoms with Gasteiger partial charge in [0, 0.05) is 19.5 Å². The minimum atomic E-state index is -1.29. The molecule has 1 aromatic carbocycles. The summed E-state index contributed by atoms with van der Waals surface area (Å²) in [5, 5.41) is 18.7. The molecule has 3 aliphatic rings. The van der Waals surface area contributed by atoms with E-state index in [0.717, 1.165) is 36.8 Å². The van der Waals surface area contributed by atoms with Crippen molar-refractivity contribution in [2.75, 3.05) is 46.6 Å². The molecule has 4 rings (SSSR count). The Labute approximate surface area is 258 Å². The zero-order valence-corrected chi connectivity index (χ0v) is 25.9. The van der Waals surface area contributed by atoms with E-state index in [1.165, 1.54) is 6.92 Å². The van der Waals surface area contributed by atoms with Crippen molar-refractivity contribution in [3.8, 4) is 5.75 Å². The molecule has 2 aliphatic heterocycles. The Balaban J connectivity index is 1.50. The highest BCUT2D eigenvalue weighted by atomic mass is 16.6.